The van der Waals surface area contributed by atoms with E-state index in [0.29, 0.717) is 12.5 Å². The molecule has 6 nitrogen and oxygen atoms in total. The molecule has 0 saturated heterocycles. The summed E-state index contributed by atoms with van der Waals surface area (Å²) in [4.78, 5) is 0. The summed E-state index contributed by atoms with van der Waals surface area (Å²) >= 11 is 0. The second kappa shape index (κ2) is 6.86. The molecule has 9 heteroatoms. The molecule has 0 aliphatic heterocycles. The van der Waals surface area contributed by atoms with Gasteiger partial charge in [0.15, 0.2) is 0 Å². The molecule has 0 N–H and O–H groups in total. The first-order valence-corrected chi connectivity index (χ1v) is 5.45. The molecule has 0 fully saturated rings. The van der Waals surface area contributed by atoms with E-state index in [1.807, 2.05) is 0 Å². The van der Waals surface area contributed by atoms with Crippen molar-refractivity contribution in [2.75, 3.05) is 12.5 Å². The van der Waals surface area contributed by atoms with Gasteiger partial charge in [0.1, 0.15) is 0 Å². The molecule has 0 radical (unpaired) electrons. The normalized spacial score (nSPS) is 10.5. The second-order valence-electron chi connectivity index (χ2n) is 1.41. The van der Waals surface area contributed by atoms with Crippen molar-refractivity contribution in [3.63, 3.8) is 0 Å². The largest absolute Gasteiger partial charge is 2.00 e. The first-order chi connectivity index (χ1) is 4.00. The van der Waals surface area contributed by atoms with Crippen LogP contribution in [0.2, 0.25) is 0 Å². The van der Waals surface area contributed by atoms with Gasteiger partial charge in [-0.25, -0.2) is 16.8 Å². The van der Waals surface area contributed by atoms with Gasteiger partial charge < -0.3 is 9.11 Å². The predicted molar refractivity (Wildman–Crippen MR) is 37.0 cm³/mol. The van der Waals surface area contributed by atoms with Crippen molar-refractivity contribution in [2.24, 2.45) is 0 Å². The molecule has 0 aromatic rings. The van der Waals surface area contributed by atoms with Gasteiger partial charge in [0.05, 0.1) is 20.2 Å². The van der Waals surface area contributed by atoms with Crippen molar-refractivity contribution in [1.29, 1.82) is 0 Å². The van der Waals surface area contributed by atoms with E-state index in [9.17, 15) is 0 Å². The molecule has 0 heterocycles. The zero-order chi connectivity index (χ0) is 9.00. The van der Waals surface area contributed by atoms with Gasteiger partial charge in [-0.3, -0.25) is 0 Å². The van der Waals surface area contributed by atoms with E-state index in [4.69, 9.17) is 25.9 Å². The number of hydrogen-bond donors (Lipinski definition) is 0. The third kappa shape index (κ3) is 519. The maximum absolute atomic E-state index is 9.08. The van der Waals surface area contributed by atoms with Gasteiger partial charge in [0.2, 0.25) is 0 Å². The van der Waals surface area contributed by atoms with Crippen molar-refractivity contribution in [3.05, 3.63) is 0 Å². The van der Waals surface area contributed by atoms with Crippen molar-refractivity contribution in [1.82, 2.24) is 0 Å². The molecule has 0 aromatic carbocycles. The zero-order valence-electron chi connectivity index (χ0n) is 5.97. The molecule has 0 amide bonds. The average molecular weight is 328 g/mol. The van der Waals surface area contributed by atoms with Gasteiger partial charge >= 0.3 is 48.9 Å². The van der Waals surface area contributed by atoms with Gasteiger partial charge in [0.25, 0.3) is 0 Å². The van der Waals surface area contributed by atoms with Crippen LogP contribution in [0.5, 0.6) is 0 Å². The van der Waals surface area contributed by atoms with Gasteiger partial charge in [-0.1, -0.05) is 0 Å². The second-order valence-corrected chi connectivity index (χ2v) is 4.22. The molecule has 0 atom stereocenters. The molecule has 0 spiro atoms. The Bertz CT molecular complexity index is 215. The summed E-state index contributed by atoms with van der Waals surface area (Å²) in [5, 5.41) is 0. The van der Waals surface area contributed by atoms with E-state index in [1.165, 1.54) is 0 Å². The van der Waals surface area contributed by atoms with E-state index < -0.39 is 20.2 Å². The maximum atomic E-state index is 9.08. The quantitative estimate of drug-likeness (QED) is 0.373. The Kier molecular flexibility index (Phi) is 11.4. The number of hydrogen-bond acceptors (Lipinski definition) is 6. The van der Waals surface area contributed by atoms with E-state index in [1.54, 1.807) is 0 Å². The van der Waals surface area contributed by atoms with Crippen LogP contribution in [-0.2, 0) is 20.2 Å². The molecule has 0 saturated carbocycles. The third-order valence-corrected chi connectivity index (χ3v) is 0. The maximum Gasteiger partial charge on any atom is 2.00 e. The van der Waals surface area contributed by atoms with Crippen molar-refractivity contribution in [2.45, 2.75) is 0 Å². The topological polar surface area (TPSA) is 114 Å². The molecule has 11 heavy (non-hydrogen) atoms. The number of rotatable bonds is 0. The van der Waals surface area contributed by atoms with Crippen LogP contribution >= 0.6 is 0 Å². The Morgan fingerprint density at radius 1 is 0.818 bits per heavy atom. The van der Waals surface area contributed by atoms with Crippen molar-refractivity contribution < 1.29 is 25.9 Å². The minimum absolute atomic E-state index is 0. The summed E-state index contributed by atoms with van der Waals surface area (Å²) in [6, 6.07) is 0. The van der Waals surface area contributed by atoms with Crippen LogP contribution in [0.15, 0.2) is 0 Å². The minimum atomic E-state index is -3.92. The van der Waals surface area contributed by atoms with E-state index in [2.05, 4.69) is 0 Å². The minimum Gasteiger partial charge on any atom is -0.748 e. The Morgan fingerprint density at radius 2 is 0.818 bits per heavy atom. The van der Waals surface area contributed by atoms with E-state index in [0.717, 1.165) is 0 Å². The van der Waals surface area contributed by atoms with Crippen LogP contribution in [0.25, 0.3) is 0 Å². The van der Waals surface area contributed by atoms with E-state index in [-0.39, 0.29) is 48.9 Å². The van der Waals surface area contributed by atoms with Crippen LogP contribution in [0.3, 0.4) is 0 Å². The Morgan fingerprint density at radius 3 is 0.818 bits per heavy atom. The predicted octanol–water partition coefficient (Wildman–Crippen LogP) is -2.06. The summed E-state index contributed by atoms with van der Waals surface area (Å²) in [6.45, 7) is 0. The monoisotopic (exact) mass is 328 g/mol. The van der Waals surface area contributed by atoms with Crippen LogP contribution < -0.4 is 0 Å². The van der Waals surface area contributed by atoms with Crippen LogP contribution in [0.1, 0.15) is 0 Å². The smallest absolute Gasteiger partial charge is 0.748 e. The average Bonchev–Trinajstić information content (AvgIpc) is 1.12. The van der Waals surface area contributed by atoms with Crippen LogP contribution in [-0.4, -0.2) is 87.3 Å². The van der Waals surface area contributed by atoms with Crippen LogP contribution in [0.4, 0.5) is 0 Å². The molecule has 0 aliphatic rings. The molecule has 0 aliphatic carbocycles. The standard InChI is InChI=1S/2CH4O3S.Ba/c2*1-5(2,3)4;/h2*1H3,(H,2,3,4);/q;;+2/p-2. The molecular weight excluding hydrogens is 321 g/mol. The summed E-state index contributed by atoms with van der Waals surface area (Å²) < 4.78 is 54.5. The van der Waals surface area contributed by atoms with E-state index >= 15 is 0 Å². The SMILES string of the molecule is CS(=O)(=O)[O-].CS(=O)(=O)[O-].[Ba+2]. The van der Waals surface area contributed by atoms with Gasteiger partial charge in [-0.2, -0.15) is 0 Å². The summed E-state index contributed by atoms with van der Waals surface area (Å²) in [6.07, 6.45) is 1.21. The van der Waals surface area contributed by atoms with Crippen molar-refractivity contribution >= 4 is 69.1 Å². The molecule has 0 aromatic heterocycles. The fraction of sp³-hybridized carbons (Fsp3) is 1.00. The summed E-state index contributed by atoms with van der Waals surface area (Å²) in [5.74, 6) is 0. The van der Waals surface area contributed by atoms with Crippen molar-refractivity contribution in [3.8, 4) is 0 Å². The summed E-state index contributed by atoms with van der Waals surface area (Å²) in [5.41, 5.74) is 0. The Labute approximate surface area is 106 Å². The first kappa shape index (κ1) is 18.2. The molecule has 0 rings (SSSR count). The fourth-order valence-electron chi connectivity index (χ4n) is 0. The summed E-state index contributed by atoms with van der Waals surface area (Å²) in [7, 11) is -7.83. The van der Waals surface area contributed by atoms with Gasteiger partial charge in [0, 0.05) is 12.5 Å². The molecular formula is C2H6BaO6S2. The first-order valence-electron chi connectivity index (χ1n) is 1.82. The molecule has 0 bridgehead atoms. The van der Waals surface area contributed by atoms with Crippen LogP contribution in [0, 0.1) is 0 Å². The van der Waals surface area contributed by atoms with Gasteiger partial charge in [-0.05, 0) is 0 Å². The molecule has 0 unspecified atom stereocenters. The Hall–Kier alpha value is 1.39. The molecule has 64 valence electrons. The van der Waals surface area contributed by atoms with Gasteiger partial charge in [-0.15, -0.1) is 0 Å². The Balaban J connectivity index is -0.000000107. The zero-order valence-corrected chi connectivity index (χ0v) is 12.0. The fourth-order valence-corrected chi connectivity index (χ4v) is 0. The third-order valence-electron chi connectivity index (χ3n) is 0.